The molecule has 62 heavy (non-hydrogen) atoms. The van der Waals surface area contributed by atoms with Crippen LogP contribution in [-0.4, -0.2) is 95.0 Å². The Hall–Kier alpha value is -3.30. The van der Waals surface area contributed by atoms with Gasteiger partial charge >= 0.3 is 27.6 Å². The molecule has 0 aliphatic carbocycles. The van der Waals surface area contributed by atoms with Crippen molar-refractivity contribution in [1.29, 1.82) is 0 Å². The summed E-state index contributed by atoms with van der Waals surface area (Å²) in [6.45, 7) is 0.000944. The van der Waals surface area contributed by atoms with Crippen LogP contribution in [0.5, 0.6) is 0 Å². The summed E-state index contributed by atoms with van der Waals surface area (Å²) in [5.74, 6) is -1.07. The van der Waals surface area contributed by atoms with Gasteiger partial charge in [0.15, 0.2) is 0 Å². The van der Waals surface area contributed by atoms with Gasteiger partial charge in [-0.1, -0.05) is 149 Å². The molecule has 0 aromatic carbocycles. The van der Waals surface area contributed by atoms with Crippen molar-refractivity contribution in [3.63, 3.8) is 0 Å². The topological polar surface area (TPSA) is 225 Å². The Morgan fingerprint density at radius 3 is 1.05 bits per heavy atom. The summed E-state index contributed by atoms with van der Waals surface area (Å²) in [7, 11) is -9.60. The molecule has 0 saturated heterocycles. The van der Waals surface area contributed by atoms with E-state index in [-0.39, 0.29) is 12.8 Å². The van der Waals surface area contributed by atoms with Crippen LogP contribution in [0, 0.1) is 0 Å². The molecule has 0 aliphatic heterocycles. The maximum atomic E-state index is 12.1. The third-order valence-electron chi connectivity index (χ3n) is 7.95. The lowest BCUT2D eigenvalue weighted by Crippen LogP contribution is -2.25. The Kier molecular flexibility index (Phi) is 38.3. The number of esters is 2. The molecule has 5 atom stereocenters. The van der Waals surface area contributed by atoms with Crippen molar-refractivity contribution in [3.05, 3.63) is 109 Å². The second-order valence-corrected chi connectivity index (χ2v) is 16.7. The van der Waals surface area contributed by atoms with Gasteiger partial charge in [-0.25, -0.2) is 9.13 Å². The van der Waals surface area contributed by atoms with E-state index in [9.17, 15) is 43.8 Å². The number of carbonyl (C=O) groups excluding carboxylic acids is 2. The Balaban J connectivity index is 4.03. The molecule has 0 spiro atoms. The van der Waals surface area contributed by atoms with Gasteiger partial charge in [0, 0.05) is 12.8 Å². The van der Waals surface area contributed by atoms with Crippen molar-refractivity contribution < 1.29 is 71.4 Å². The molecule has 0 heterocycles. The predicted octanol–water partition coefficient (Wildman–Crippen LogP) is 8.93. The average molecular weight is 915 g/mol. The molecule has 0 bridgehead atoms. The van der Waals surface area contributed by atoms with Crippen LogP contribution in [0.25, 0.3) is 0 Å². The summed E-state index contributed by atoms with van der Waals surface area (Å²) >= 11 is 0. The maximum Gasteiger partial charge on any atom is 0.472 e. The van der Waals surface area contributed by atoms with Crippen LogP contribution >= 0.6 is 15.6 Å². The molecule has 0 aromatic heterocycles. The van der Waals surface area contributed by atoms with Crippen LogP contribution in [-0.2, 0) is 46.3 Å². The highest BCUT2D eigenvalue weighted by molar-refractivity contribution is 7.47. The van der Waals surface area contributed by atoms with E-state index in [2.05, 4.69) is 50.2 Å². The Morgan fingerprint density at radius 2 is 0.694 bits per heavy atom. The number of ether oxygens (including phenoxy) is 2. The fraction of sp³-hybridized carbons (Fsp3) is 0.556. The van der Waals surface area contributed by atoms with Gasteiger partial charge in [-0.3, -0.25) is 27.7 Å². The summed E-state index contributed by atoms with van der Waals surface area (Å²) in [6, 6.07) is 0. The summed E-state index contributed by atoms with van der Waals surface area (Å²) in [4.78, 5) is 43.6. The lowest BCUT2D eigenvalue weighted by atomic mass is 10.1. The fourth-order valence-electron chi connectivity index (χ4n) is 4.65. The second kappa shape index (κ2) is 40.5. The SMILES string of the molecule is CC\C=C/C=C/C=C/C=C\C=C\C=C\CCCCCC(=O)OCC(O)COP(=O)(O)OCC(O)COP(=O)(O)OCC(O)COC(=O)CCCCCCC\C=C/C=C/C=C/CC. The third kappa shape index (κ3) is 42.0. The smallest absolute Gasteiger partial charge is 0.463 e. The van der Waals surface area contributed by atoms with Crippen LogP contribution in [0.15, 0.2) is 109 Å². The molecular weight excluding hydrogens is 842 g/mol. The fourth-order valence-corrected chi connectivity index (χ4v) is 6.24. The Bertz CT molecular complexity index is 1530. The largest absolute Gasteiger partial charge is 0.472 e. The number of rotatable bonds is 39. The number of phosphoric acid groups is 2. The number of allylic oxidation sites excluding steroid dienone is 18. The number of unbranched alkanes of at least 4 members (excludes halogenated alkanes) is 8. The summed E-state index contributed by atoms with van der Waals surface area (Å²) in [5, 5.41) is 29.9. The molecule has 0 radical (unpaired) electrons. The first kappa shape index (κ1) is 58.7. The lowest BCUT2D eigenvalue weighted by molar-refractivity contribution is -0.148. The number of carbonyl (C=O) groups is 2. The van der Waals surface area contributed by atoms with Gasteiger partial charge in [0.1, 0.15) is 31.5 Å². The monoisotopic (exact) mass is 914 g/mol. The van der Waals surface area contributed by atoms with E-state index in [4.69, 9.17) is 9.47 Å². The highest BCUT2D eigenvalue weighted by Crippen LogP contribution is 2.45. The van der Waals surface area contributed by atoms with Gasteiger partial charge in [-0.15, -0.1) is 0 Å². The lowest BCUT2D eigenvalue weighted by Gasteiger charge is -2.19. The first-order valence-corrected chi connectivity index (χ1v) is 24.3. The summed E-state index contributed by atoms with van der Waals surface area (Å²) in [5.41, 5.74) is 0. The second-order valence-electron chi connectivity index (χ2n) is 13.8. The first-order valence-electron chi connectivity index (χ1n) is 21.4. The molecule has 0 rings (SSSR count). The van der Waals surface area contributed by atoms with Crippen LogP contribution in [0.4, 0.5) is 0 Å². The zero-order valence-corrected chi connectivity index (χ0v) is 38.3. The van der Waals surface area contributed by atoms with Crippen molar-refractivity contribution in [3.8, 4) is 0 Å². The zero-order valence-electron chi connectivity index (χ0n) is 36.5. The molecule has 5 N–H and O–H groups in total. The van der Waals surface area contributed by atoms with Crippen molar-refractivity contribution in [2.24, 2.45) is 0 Å². The van der Waals surface area contributed by atoms with Crippen molar-refractivity contribution in [2.45, 2.75) is 122 Å². The van der Waals surface area contributed by atoms with E-state index in [0.29, 0.717) is 12.8 Å². The van der Waals surface area contributed by atoms with Gasteiger partial charge in [-0.05, 0) is 51.4 Å². The van der Waals surface area contributed by atoms with Gasteiger partial charge in [0.2, 0.25) is 0 Å². The van der Waals surface area contributed by atoms with Crippen LogP contribution in [0.1, 0.15) is 104 Å². The van der Waals surface area contributed by atoms with Gasteiger partial charge in [0.25, 0.3) is 0 Å². The van der Waals surface area contributed by atoms with Crippen molar-refractivity contribution in [1.82, 2.24) is 0 Å². The van der Waals surface area contributed by atoms with E-state index in [0.717, 1.165) is 64.2 Å². The highest BCUT2D eigenvalue weighted by Gasteiger charge is 2.28. The molecule has 17 heteroatoms. The average Bonchev–Trinajstić information content (AvgIpc) is 3.24. The highest BCUT2D eigenvalue weighted by atomic mass is 31.2. The molecule has 0 fully saturated rings. The van der Waals surface area contributed by atoms with Gasteiger partial charge < -0.3 is 34.6 Å². The molecule has 0 amide bonds. The van der Waals surface area contributed by atoms with Crippen molar-refractivity contribution in [2.75, 3.05) is 39.6 Å². The number of aliphatic hydroxyl groups excluding tert-OH is 3. The minimum atomic E-state index is -4.80. The van der Waals surface area contributed by atoms with E-state index in [1.54, 1.807) is 0 Å². The summed E-state index contributed by atoms with van der Waals surface area (Å²) in [6.07, 6.45) is 42.3. The molecule has 352 valence electrons. The van der Waals surface area contributed by atoms with E-state index < -0.39 is 85.5 Å². The van der Waals surface area contributed by atoms with Crippen LogP contribution in [0.3, 0.4) is 0 Å². The third-order valence-corrected chi connectivity index (χ3v) is 9.85. The van der Waals surface area contributed by atoms with Gasteiger partial charge in [-0.2, -0.15) is 0 Å². The Labute approximate surface area is 369 Å². The molecule has 15 nitrogen and oxygen atoms in total. The molecule has 0 aromatic rings. The molecule has 0 aliphatic rings. The van der Waals surface area contributed by atoms with Crippen LogP contribution in [0.2, 0.25) is 0 Å². The van der Waals surface area contributed by atoms with Crippen molar-refractivity contribution >= 4 is 27.6 Å². The number of hydrogen-bond acceptors (Lipinski definition) is 13. The number of hydrogen-bond donors (Lipinski definition) is 5. The van der Waals surface area contributed by atoms with Crippen LogP contribution < -0.4 is 0 Å². The first-order chi connectivity index (χ1) is 29.8. The summed E-state index contributed by atoms with van der Waals surface area (Å²) < 4.78 is 52.8. The molecule has 0 saturated carbocycles. The number of aliphatic hydroxyl groups is 3. The molecular formula is C45H72O15P2. The predicted molar refractivity (Wildman–Crippen MR) is 242 cm³/mol. The quantitative estimate of drug-likeness (QED) is 0.0168. The maximum absolute atomic E-state index is 12.1. The zero-order chi connectivity index (χ0) is 46.0. The standard InChI is InChI=1S/C45H72O15P2/c1-3-5-7-9-11-13-15-17-18-19-20-22-24-26-28-30-32-34-45(50)56-36-42(47)38-58-62(53,54)60-40-43(48)39-59-61(51,52)57-37-41(46)35-55-44(49)33-31-29-27-25-23-21-16-14-12-10-8-6-4-2/h5-20,22,24,41-43,46-48H,3-4,21,23,25-40H2,1-2H3,(H,51,52)(H,53,54)/b7-5-,8-6+,11-9+,12-10+,15-13+,16-14-,18-17-,20-19+,24-22+. The van der Waals surface area contributed by atoms with E-state index in [1.165, 1.54) is 0 Å². The normalized spacial score (nSPS) is 16.3. The van der Waals surface area contributed by atoms with E-state index in [1.807, 2.05) is 91.1 Å². The van der Waals surface area contributed by atoms with E-state index >= 15 is 0 Å². The molecule has 5 unspecified atom stereocenters. The minimum Gasteiger partial charge on any atom is -0.463 e. The minimum absolute atomic E-state index is 0.138. The number of phosphoric ester groups is 2. The van der Waals surface area contributed by atoms with Gasteiger partial charge in [0.05, 0.1) is 26.4 Å². The Morgan fingerprint density at radius 1 is 0.419 bits per heavy atom.